The number of nitrogens with zero attached hydrogens (tertiary/aromatic N) is 1. The maximum atomic E-state index is 13.4. The van der Waals surface area contributed by atoms with Gasteiger partial charge in [-0.3, -0.25) is 9.69 Å². The lowest BCUT2D eigenvalue weighted by Gasteiger charge is -2.24. The third kappa shape index (κ3) is 5.19. The Labute approximate surface area is 147 Å². The molecule has 25 heavy (non-hydrogen) atoms. The van der Waals surface area contributed by atoms with E-state index in [9.17, 15) is 9.18 Å². The molecule has 2 aromatic carbocycles. The summed E-state index contributed by atoms with van der Waals surface area (Å²) in [5.41, 5.74) is 0.605. The minimum absolute atomic E-state index is 0.209. The highest BCUT2D eigenvalue weighted by atomic mass is 19.1. The first-order chi connectivity index (χ1) is 12.0. The van der Waals surface area contributed by atoms with Gasteiger partial charge in [-0.15, -0.1) is 0 Å². The monoisotopic (exact) mass is 346 g/mol. The van der Waals surface area contributed by atoms with Crippen molar-refractivity contribution >= 4 is 5.91 Å². The molecule has 0 aliphatic heterocycles. The highest BCUT2D eigenvalue weighted by Gasteiger charge is 2.22. The van der Waals surface area contributed by atoms with Gasteiger partial charge in [0.15, 0.2) is 11.5 Å². The predicted molar refractivity (Wildman–Crippen MR) is 94.3 cm³/mol. The van der Waals surface area contributed by atoms with Crippen molar-refractivity contribution in [3.05, 3.63) is 59.9 Å². The first kappa shape index (κ1) is 18.7. The molecule has 0 aliphatic rings. The molecular formula is C19H23FN2O3. The van der Waals surface area contributed by atoms with Gasteiger partial charge in [0.2, 0.25) is 5.91 Å². The van der Waals surface area contributed by atoms with Crippen molar-refractivity contribution in [3.63, 3.8) is 0 Å². The van der Waals surface area contributed by atoms with Crippen LogP contribution in [0, 0.1) is 5.82 Å². The second-order valence-electron chi connectivity index (χ2n) is 5.71. The van der Waals surface area contributed by atoms with Crippen molar-refractivity contribution in [1.29, 1.82) is 0 Å². The van der Waals surface area contributed by atoms with Gasteiger partial charge in [-0.25, -0.2) is 4.39 Å². The van der Waals surface area contributed by atoms with Crippen LogP contribution in [-0.4, -0.2) is 45.2 Å². The van der Waals surface area contributed by atoms with Crippen LogP contribution in [-0.2, 0) is 4.79 Å². The molecule has 1 N–H and O–H groups in total. The van der Waals surface area contributed by atoms with Crippen LogP contribution in [0.25, 0.3) is 0 Å². The van der Waals surface area contributed by atoms with Crippen molar-refractivity contribution in [1.82, 2.24) is 10.2 Å². The average Bonchev–Trinajstić information content (AvgIpc) is 2.59. The van der Waals surface area contributed by atoms with E-state index in [1.807, 2.05) is 12.1 Å². The molecule has 0 aliphatic carbocycles. The molecule has 0 radical (unpaired) electrons. The average molecular weight is 346 g/mol. The number of hydrogen-bond donors (Lipinski definition) is 1. The molecule has 0 heterocycles. The van der Waals surface area contributed by atoms with Gasteiger partial charge in [0.05, 0.1) is 13.7 Å². The number of methoxy groups -OCH3 is 1. The van der Waals surface area contributed by atoms with E-state index in [1.165, 1.54) is 12.1 Å². The van der Waals surface area contributed by atoms with E-state index < -0.39 is 6.04 Å². The number of nitrogens with one attached hydrogen (secondary N) is 1. The van der Waals surface area contributed by atoms with E-state index in [-0.39, 0.29) is 11.7 Å². The zero-order valence-electron chi connectivity index (χ0n) is 14.7. The summed E-state index contributed by atoms with van der Waals surface area (Å²) >= 11 is 0. The molecule has 134 valence electrons. The zero-order chi connectivity index (χ0) is 18.2. The highest BCUT2D eigenvalue weighted by Crippen LogP contribution is 2.25. The van der Waals surface area contributed by atoms with Gasteiger partial charge >= 0.3 is 0 Å². The van der Waals surface area contributed by atoms with Gasteiger partial charge in [0.25, 0.3) is 0 Å². The minimum Gasteiger partial charge on any atom is -0.493 e. The van der Waals surface area contributed by atoms with Crippen LogP contribution >= 0.6 is 0 Å². The van der Waals surface area contributed by atoms with Crippen LogP contribution < -0.4 is 14.8 Å². The summed E-state index contributed by atoms with van der Waals surface area (Å²) < 4.78 is 24.3. The van der Waals surface area contributed by atoms with Gasteiger partial charge < -0.3 is 14.8 Å². The van der Waals surface area contributed by atoms with Gasteiger partial charge in [-0.1, -0.05) is 24.3 Å². The molecule has 0 fully saturated rings. The highest BCUT2D eigenvalue weighted by molar-refractivity contribution is 5.83. The molecule has 5 nitrogen and oxygen atoms in total. The quantitative estimate of drug-likeness (QED) is 0.747. The van der Waals surface area contributed by atoms with Gasteiger partial charge in [0.1, 0.15) is 18.5 Å². The largest absolute Gasteiger partial charge is 0.493 e. The number of ether oxygens (including phenoxy) is 2. The number of amides is 1. The Morgan fingerprint density at radius 3 is 2.52 bits per heavy atom. The third-order valence-corrected chi connectivity index (χ3v) is 3.66. The molecule has 0 spiro atoms. The zero-order valence-corrected chi connectivity index (χ0v) is 14.7. The smallest absolute Gasteiger partial charge is 0.242 e. The van der Waals surface area contributed by atoms with E-state index >= 15 is 0 Å². The fourth-order valence-electron chi connectivity index (χ4n) is 2.53. The molecule has 0 saturated carbocycles. The molecule has 0 unspecified atom stereocenters. The van der Waals surface area contributed by atoms with Crippen LogP contribution in [0.15, 0.2) is 48.5 Å². The second kappa shape index (κ2) is 9.03. The summed E-state index contributed by atoms with van der Waals surface area (Å²) in [5.74, 6) is 0.684. The normalized spacial score (nSPS) is 11.9. The Balaban J connectivity index is 1.91. The summed E-state index contributed by atoms with van der Waals surface area (Å²) in [7, 11) is 5.13. The van der Waals surface area contributed by atoms with Crippen molar-refractivity contribution in [3.8, 4) is 11.5 Å². The molecular weight excluding hydrogens is 323 g/mol. The summed E-state index contributed by atoms with van der Waals surface area (Å²) in [4.78, 5) is 14.2. The van der Waals surface area contributed by atoms with Crippen molar-refractivity contribution in [2.24, 2.45) is 0 Å². The SMILES string of the molecule is COc1ccccc1OCCNC(=O)[C@@H](c1cccc(F)c1)N(C)C. The standard InChI is InChI=1S/C19H23FN2O3/c1-22(2)18(14-7-6-8-15(20)13-14)19(23)21-11-12-25-17-10-5-4-9-16(17)24-3/h4-10,13,18H,11-12H2,1-3H3,(H,21,23)/t18-/m1/s1. The topological polar surface area (TPSA) is 50.8 Å². The van der Waals surface area contributed by atoms with Crippen LogP contribution in [0.2, 0.25) is 0 Å². The van der Waals surface area contributed by atoms with Crippen LogP contribution in [0.4, 0.5) is 4.39 Å². The fraction of sp³-hybridized carbons (Fsp3) is 0.316. The van der Waals surface area contributed by atoms with Gasteiger partial charge in [-0.05, 0) is 43.9 Å². The number of hydrogen-bond acceptors (Lipinski definition) is 4. The molecule has 2 rings (SSSR count). The Morgan fingerprint density at radius 2 is 1.88 bits per heavy atom. The molecule has 2 aromatic rings. The molecule has 0 bridgehead atoms. The van der Waals surface area contributed by atoms with E-state index in [0.717, 1.165) is 0 Å². The van der Waals surface area contributed by atoms with Crippen LogP contribution in [0.3, 0.4) is 0 Å². The number of halogens is 1. The predicted octanol–water partition coefficient (Wildman–Crippen LogP) is 2.63. The fourth-order valence-corrected chi connectivity index (χ4v) is 2.53. The van der Waals surface area contributed by atoms with E-state index in [0.29, 0.717) is 30.2 Å². The van der Waals surface area contributed by atoms with E-state index in [4.69, 9.17) is 9.47 Å². The third-order valence-electron chi connectivity index (χ3n) is 3.66. The number of carbonyl (C=O) groups is 1. The van der Waals surface area contributed by atoms with E-state index in [1.54, 1.807) is 50.4 Å². The molecule has 1 atom stereocenters. The Kier molecular flexibility index (Phi) is 6.77. The first-order valence-corrected chi connectivity index (χ1v) is 7.98. The second-order valence-corrected chi connectivity index (χ2v) is 5.71. The van der Waals surface area contributed by atoms with Crippen molar-refractivity contribution in [2.75, 3.05) is 34.4 Å². The van der Waals surface area contributed by atoms with Gasteiger partial charge in [-0.2, -0.15) is 0 Å². The number of carbonyl (C=O) groups excluding carboxylic acids is 1. The number of para-hydroxylation sites is 2. The van der Waals surface area contributed by atoms with Crippen LogP contribution in [0.1, 0.15) is 11.6 Å². The number of likely N-dealkylation sites (N-methyl/N-ethyl adjacent to an activating group) is 1. The molecule has 6 heteroatoms. The van der Waals surface area contributed by atoms with Crippen molar-refractivity contribution < 1.29 is 18.7 Å². The number of benzene rings is 2. The summed E-state index contributed by atoms with van der Waals surface area (Å²) in [6.07, 6.45) is 0. The maximum Gasteiger partial charge on any atom is 0.242 e. The summed E-state index contributed by atoms with van der Waals surface area (Å²) in [5, 5.41) is 2.82. The van der Waals surface area contributed by atoms with E-state index in [2.05, 4.69) is 5.32 Å². The number of rotatable bonds is 8. The Morgan fingerprint density at radius 1 is 1.16 bits per heavy atom. The summed E-state index contributed by atoms with van der Waals surface area (Å²) in [6, 6.07) is 12.8. The lowest BCUT2D eigenvalue weighted by atomic mass is 10.1. The minimum atomic E-state index is -0.568. The van der Waals surface area contributed by atoms with Gasteiger partial charge in [0, 0.05) is 0 Å². The maximum absolute atomic E-state index is 13.4. The molecule has 1 amide bonds. The summed E-state index contributed by atoms with van der Waals surface area (Å²) in [6.45, 7) is 0.631. The van der Waals surface area contributed by atoms with Crippen molar-refractivity contribution in [2.45, 2.75) is 6.04 Å². The molecule has 0 aromatic heterocycles. The van der Waals surface area contributed by atoms with Crippen LogP contribution in [0.5, 0.6) is 11.5 Å². The molecule has 0 saturated heterocycles. The lowest BCUT2D eigenvalue weighted by Crippen LogP contribution is -2.38. The Bertz CT molecular complexity index is 707. The first-order valence-electron chi connectivity index (χ1n) is 7.98. The lowest BCUT2D eigenvalue weighted by molar-refractivity contribution is -0.125. The Hall–Kier alpha value is -2.60.